The second-order valence-corrected chi connectivity index (χ2v) is 5.43. The Morgan fingerprint density at radius 2 is 1.83 bits per heavy atom. The molecule has 1 saturated heterocycles. The van der Waals surface area contributed by atoms with Crippen molar-refractivity contribution in [3.05, 3.63) is 44.7 Å². The molecule has 1 amide bonds. The van der Waals surface area contributed by atoms with Crippen LogP contribution in [0.2, 0.25) is 0 Å². The van der Waals surface area contributed by atoms with E-state index in [0.29, 0.717) is 48.7 Å². The molecule has 0 spiro atoms. The molecule has 0 aromatic heterocycles. The maximum absolute atomic E-state index is 12.0. The van der Waals surface area contributed by atoms with E-state index >= 15 is 0 Å². The molecule has 1 aliphatic heterocycles. The fourth-order valence-electron chi connectivity index (χ4n) is 2.88. The number of rotatable bonds is 3. The van der Waals surface area contributed by atoms with Gasteiger partial charge in [0.25, 0.3) is 0 Å². The molecule has 1 aliphatic rings. The van der Waals surface area contributed by atoms with Gasteiger partial charge < -0.3 is 14.5 Å². The van der Waals surface area contributed by atoms with Gasteiger partial charge in [-0.05, 0) is 17.7 Å². The Kier molecular flexibility index (Phi) is 3.94. The zero-order chi connectivity index (χ0) is 16.6. The second kappa shape index (κ2) is 5.91. The lowest BCUT2D eigenvalue weighted by atomic mass is 9.97. The van der Waals surface area contributed by atoms with E-state index in [-0.39, 0.29) is 0 Å². The molecule has 1 fully saturated rings. The molecule has 0 bridgehead atoms. The van der Waals surface area contributed by atoms with E-state index < -0.39 is 16.7 Å². The number of amides is 1. The molecule has 2 aromatic carbocycles. The van der Waals surface area contributed by atoms with Gasteiger partial charge in [-0.3, -0.25) is 14.4 Å². The van der Waals surface area contributed by atoms with E-state index in [4.69, 9.17) is 12.6 Å². The fraction of sp³-hybridized carbons (Fsp3) is 0.312. The van der Waals surface area contributed by atoms with Crippen LogP contribution >= 0.6 is 0 Å². The average molecular weight is 310 g/mol. The average Bonchev–Trinajstić information content (AvgIpc) is 2.58. The van der Waals surface area contributed by atoms with Gasteiger partial charge in [-0.15, -0.1) is 0 Å². The first kappa shape index (κ1) is 15.3. The van der Waals surface area contributed by atoms with Gasteiger partial charge in [0.05, 0.1) is 12.7 Å². The minimum absolute atomic E-state index is 0.418. The number of methoxy groups -OCH3 is 1. The fourth-order valence-corrected chi connectivity index (χ4v) is 2.88. The number of carbonyl (C=O) groups is 1. The summed E-state index contributed by atoms with van der Waals surface area (Å²) >= 11 is 0. The number of nitrogens with zero attached hydrogens (tertiary/aromatic N) is 2. The first-order chi connectivity index (χ1) is 11.0. The van der Waals surface area contributed by atoms with Crippen LogP contribution in [-0.2, 0) is 0 Å². The van der Waals surface area contributed by atoms with Gasteiger partial charge in [0.1, 0.15) is 11.4 Å². The largest absolute Gasteiger partial charge is 0.497 e. The Hall–Kier alpha value is -2.57. The van der Waals surface area contributed by atoms with Crippen molar-refractivity contribution in [3.63, 3.8) is 0 Å². The van der Waals surface area contributed by atoms with E-state index in [2.05, 4.69) is 0 Å². The van der Waals surface area contributed by atoms with Crippen LogP contribution in [0.1, 0.15) is 0 Å². The molecule has 1 heterocycles. The van der Waals surface area contributed by atoms with Crippen LogP contribution in [-0.4, -0.2) is 51.8 Å². The first-order valence-electron chi connectivity index (χ1n) is 7.30. The van der Waals surface area contributed by atoms with Gasteiger partial charge in [0, 0.05) is 26.2 Å². The highest BCUT2D eigenvalue weighted by Crippen LogP contribution is 2.29. The quantitative estimate of drug-likeness (QED) is 0.605. The first-order valence-corrected chi connectivity index (χ1v) is 7.30. The van der Waals surface area contributed by atoms with Crippen LogP contribution in [0.25, 0.3) is 11.1 Å². The Bertz CT molecular complexity index is 818. The van der Waals surface area contributed by atoms with Gasteiger partial charge in [-0.25, -0.2) is 0 Å². The Morgan fingerprint density at radius 1 is 1.13 bits per heavy atom. The number of carbonyl (C=O) groups excluding carboxylic acids is 1. The molecule has 0 saturated carbocycles. The number of hydrogen-bond donors (Lipinski definition) is 0. The minimum Gasteiger partial charge on any atom is -0.497 e. The highest BCUT2D eigenvalue weighted by Gasteiger charge is 2.29. The molecule has 3 rings (SSSR count). The summed E-state index contributed by atoms with van der Waals surface area (Å²) in [5, 5.41) is 0. The van der Waals surface area contributed by atoms with Gasteiger partial charge in [0.15, 0.2) is 5.81 Å². The SMILES string of the molecule is [B]C(=O)N1CCN(c2c(-c3cccc(OC)c3)c(=O)c2=O)CC1. The molecule has 2 aromatic rings. The number of piperazine rings is 1. The van der Waals surface area contributed by atoms with Crippen molar-refractivity contribution >= 4 is 19.3 Å². The Labute approximate surface area is 134 Å². The molecule has 0 N–H and O–H groups in total. The zero-order valence-corrected chi connectivity index (χ0v) is 12.7. The summed E-state index contributed by atoms with van der Waals surface area (Å²) < 4.78 is 5.17. The van der Waals surface area contributed by atoms with Gasteiger partial charge in [-0.2, -0.15) is 0 Å². The molecule has 0 unspecified atom stereocenters. The lowest BCUT2D eigenvalue weighted by Crippen LogP contribution is -2.52. The van der Waals surface area contributed by atoms with Crippen molar-refractivity contribution in [2.45, 2.75) is 0 Å². The molecule has 2 radical (unpaired) electrons. The monoisotopic (exact) mass is 310 g/mol. The van der Waals surface area contributed by atoms with Crippen LogP contribution < -0.4 is 20.5 Å². The van der Waals surface area contributed by atoms with Crippen molar-refractivity contribution < 1.29 is 9.53 Å². The van der Waals surface area contributed by atoms with Gasteiger partial charge in [0.2, 0.25) is 18.7 Å². The van der Waals surface area contributed by atoms with E-state index in [9.17, 15) is 14.4 Å². The standard InChI is InChI=1S/C16H15BN2O4/c1-23-11-4-2-3-10(9-11)12-13(15(21)14(12)20)18-5-7-19(8-6-18)16(17)22/h2-4,9H,5-8H2,1H3. The number of hydrogen-bond acceptors (Lipinski definition) is 5. The van der Waals surface area contributed by atoms with Crippen LogP contribution in [0.3, 0.4) is 0 Å². The van der Waals surface area contributed by atoms with Crippen molar-refractivity contribution in [3.8, 4) is 16.9 Å². The summed E-state index contributed by atoms with van der Waals surface area (Å²) in [5.74, 6) is 0.155. The lowest BCUT2D eigenvalue weighted by molar-refractivity contribution is 0.218. The number of ether oxygens (including phenoxy) is 1. The molecule has 0 atom stereocenters. The van der Waals surface area contributed by atoms with Crippen LogP contribution in [0.5, 0.6) is 5.75 Å². The summed E-state index contributed by atoms with van der Waals surface area (Å²) in [4.78, 5) is 38.6. The zero-order valence-electron chi connectivity index (χ0n) is 12.7. The molecule has 7 heteroatoms. The van der Waals surface area contributed by atoms with E-state index in [1.165, 1.54) is 4.90 Å². The highest BCUT2D eigenvalue weighted by atomic mass is 16.5. The lowest BCUT2D eigenvalue weighted by Gasteiger charge is -2.37. The third kappa shape index (κ3) is 2.63. The van der Waals surface area contributed by atoms with E-state index in [1.807, 2.05) is 4.90 Å². The van der Waals surface area contributed by atoms with Crippen LogP contribution in [0.4, 0.5) is 10.5 Å². The van der Waals surface area contributed by atoms with Crippen molar-refractivity contribution in [1.82, 2.24) is 4.90 Å². The number of benzene rings is 1. The molecule has 116 valence electrons. The highest BCUT2D eigenvalue weighted by molar-refractivity contribution is 6.56. The topological polar surface area (TPSA) is 66.9 Å². The molecule has 6 nitrogen and oxygen atoms in total. The van der Waals surface area contributed by atoms with Crippen LogP contribution in [0, 0.1) is 0 Å². The number of anilines is 1. The normalized spacial score (nSPS) is 15.0. The maximum atomic E-state index is 12.0. The van der Waals surface area contributed by atoms with E-state index in [1.54, 1.807) is 31.4 Å². The third-order valence-electron chi connectivity index (χ3n) is 4.15. The summed E-state index contributed by atoms with van der Waals surface area (Å²) in [5.41, 5.74) is 0.552. The van der Waals surface area contributed by atoms with Crippen molar-refractivity contribution in [2.24, 2.45) is 0 Å². The molecular weight excluding hydrogens is 295 g/mol. The molecule has 0 aliphatic carbocycles. The predicted octanol–water partition coefficient (Wildman–Crippen LogP) is 0.369. The summed E-state index contributed by atoms with van der Waals surface area (Å²) in [6.45, 7) is 1.83. The summed E-state index contributed by atoms with van der Waals surface area (Å²) in [6.07, 6.45) is 0. The maximum Gasteiger partial charge on any atom is 0.250 e. The van der Waals surface area contributed by atoms with Crippen molar-refractivity contribution in [1.29, 1.82) is 0 Å². The molecular formula is C16H15BN2O4. The Morgan fingerprint density at radius 3 is 2.43 bits per heavy atom. The Balaban J connectivity index is 1.91. The van der Waals surface area contributed by atoms with Gasteiger partial charge in [-0.1, -0.05) is 12.1 Å². The minimum atomic E-state index is -0.481. The third-order valence-corrected chi connectivity index (χ3v) is 4.15. The molecule has 23 heavy (non-hydrogen) atoms. The van der Waals surface area contributed by atoms with Crippen molar-refractivity contribution in [2.75, 3.05) is 38.2 Å². The summed E-state index contributed by atoms with van der Waals surface area (Å²) in [7, 11) is 6.80. The smallest absolute Gasteiger partial charge is 0.250 e. The summed E-state index contributed by atoms with van der Waals surface area (Å²) in [6, 6.07) is 7.07. The van der Waals surface area contributed by atoms with Gasteiger partial charge >= 0.3 is 0 Å². The second-order valence-electron chi connectivity index (χ2n) is 5.43. The van der Waals surface area contributed by atoms with E-state index in [0.717, 1.165) is 0 Å². The predicted molar refractivity (Wildman–Crippen MR) is 88.3 cm³/mol. The van der Waals surface area contributed by atoms with Crippen LogP contribution in [0.15, 0.2) is 33.9 Å².